The molecule has 0 spiro atoms. The van der Waals surface area contributed by atoms with Gasteiger partial charge in [0.1, 0.15) is 0 Å². The first-order valence-corrected chi connectivity index (χ1v) is 7.39. The average Bonchev–Trinajstić information content (AvgIpc) is 2.41. The van der Waals surface area contributed by atoms with Crippen molar-refractivity contribution in [3.05, 3.63) is 63.3 Å². The molecule has 1 aromatic heterocycles. The molecule has 0 saturated carbocycles. The molecule has 2 nitrogen and oxygen atoms in total. The highest BCUT2D eigenvalue weighted by Gasteiger charge is 2.06. The standard InChI is InChI=1S/C15H16BrClN2/c1-11(8-12-4-2-3-5-15(12)17)18-10-14-7-6-13(16)9-19-14/h2-7,9,11,18H,8,10H2,1H3. The molecule has 0 radical (unpaired) electrons. The number of halogens is 2. The zero-order valence-corrected chi connectivity index (χ0v) is 13.1. The molecule has 19 heavy (non-hydrogen) atoms. The highest BCUT2D eigenvalue weighted by Crippen LogP contribution is 2.16. The number of nitrogens with zero attached hydrogens (tertiary/aromatic N) is 1. The molecule has 0 fully saturated rings. The van der Waals surface area contributed by atoms with Gasteiger partial charge in [-0.1, -0.05) is 29.8 Å². The van der Waals surface area contributed by atoms with Gasteiger partial charge in [-0.05, 0) is 53.0 Å². The molecule has 0 bridgehead atoms. The lowest BCUT2D eigenvalue weighted by atomic mass is 10.1. The Kier molecular flexibility index (Phi) is 5.37. The van der Waals surface area contributed by atoms with E-state index < -0.39 is 0 Å². The summed E-state index contributed by atoms with van der Waals surface area (Å²) < 4.78 is 1.00. The van der Waals surface area contributed by atoms with Crippen LogP contribution in [0.2, 0.25) is 5.02 Å². The van der Waals surface area contributed by atoms with Crippen LogP contribution in [-0.4, -0.2) is 11.0 Å². The minimum absolute atomic E-state index is 0.352. The van der Waals surface area contributed by atoms with E-state index in [9.17, 15) is 0 Å². The maximum absolute atomic E-state index is 6.16. The van der Waals surface area contributed by atoms with Gasteiger partial charge in [-0.2, -0.15) is 0 Å². The molecule has 1 atom stereocenters. The van der Waals surface area contributed by atoms with Crippen LogP contribution in [0, 0.1) is 0 Å². The van der Waals surface area contributed by atoms with E-state index in [0.717, 1.165) is 28.2 Å². The molecule has 100 valence electrons. The molecule has 1 unspecified atom stereocenters. The lowest BCUT2D eigenvalue weighted by Crippen LogP contribution is -2.28. The van der Waals surface area contributed by atoms with E-state index in [-0.39, 0.29) is 0 Å². The molecule has 2 aromatic rings. The molecule has 1 N–H and O–H groups in total. The van der Waals surface area contributed by atoms with Crippen molar-refractivity contribution in [3.8, 4) is 0 Å². The third kappa shape index (κ3) is 4.60. The smallest absolute Gasteiger partial charge is 0.0542 e. The van der Waals surface area contributed by atoms with Crippen LogP contribution >= 0.6 is 27.5 Å². The Morgan fingerprint density at radius 1 is 1.26 bits per heavy atom. The zero-order valence-electron chi connectivity index (χ0n) is 10.7. The van der Waals surface area contributed by atoms with Crippen molar-refractivity contribution >= 4 is 27.5 Å². The van der Waals surface area contributed by atoms with Crippen molar-refractivity contribution in [3.63, 3.8) is 0 Å². The first-order chi connectivity index (χ1) is 9.15. The minimum atomic E-state index is 0.352. The third-order valence-corrected chi connectivity index (χ3v) is 3.74. The molecule has 0 aliphatic rings. The molecule has 0 saturated heterocycles. The van der Waals surface area contributed by atoms with Crippen molar-refractivity contribution in [1.82, 2.24) is 10.3 Å². The van der Waals surface area contributed by atoms with Crippen molar-refractivity contribution < 1.29 is 0 Å². The molecule has 2 rings (SSSR count). The second-order valence-electron chi connectivity index (χ2n) is 4.55. The number of rotatable bonds is 5. The first kappa shape index (κ1) is 14.5. The molecule has 4 heteroatoms. The molecule has 0 amide bonds. The predicted molar refractivity (Wildman–Crippen MR) is 83.4 cm³/mol. The fourth-order valence-electron chi connectivity index (χ4n) is 1.86. The van der Waals surface area contributed by atoms with Crippen LogP contribution in [0.25, 0.3) is 0 Å². The highest BCUT2D eigenvalue weighted by atomic mass is 79.9. The van der Waals surface area contributed by atoms with Crippen molar-refractivity contribution in [1.29, 1.82) is 0 Å². The normalized spacial score (nSPS) is 12.4. The maximum Gasteiger partial charge on any atom is 0.0542 e. The van der Waals surface area contributed by atoms with E-state index in [4.69, 9.17) is 11.6 Å². The zero-order chi connectivity index (χ0) is 13.7. The number of benzene rings is 1. The Morgan fingerprint density at radius 3 is 2.74 bits per heavy atom. The van der Waals surface area contributed by atoms with Gasteiger partial charge >= 0.3 is 0 Å². The number of pyridine rings is 1. The molecule has 1 heterocycles. The monoisotopic (exact) mass is 338 g/mol. The van der Waals surface area contributed by atoms with Gasteiger partial charge in [0.25, 0.3) is 0 Å². The van der Waals surface area contributed by atoms with E-state index in [0.29, 0.717) is 6.04 Å². The van der Waals surface area contributed by atoms with Gasteiger partial charge in [-0.3, -0.25) is 4.98 Å². The number of hydrogen-bond donors (Lipinski definition) is 1. The average molecular weight is 340 g/mol. The molecule has 0 aliphatic heterocycles. The van der Waals surface area contributed by atoms with Crippen molar-refractivity contribution in [2.45, 2.75) is 25.9 Å². The molecule has 0 aliphatic carbocycles. The summed E-state index contributed by atoms with van der Waals surface area (Å²) >= 11 is 9.54. The topological polar surface area (TPSA) is 24.9 Å². The van der Waals surface area contributed by atoms with Crippen LogP contribution in [0.5, 0.6) is 0 Å². The SMILES string of the molecule is CC(Cc1ccccc1Cl)NCc1ccc(Br)cn1. The van der Waals surface area contributed by atoms with Crippen LogP contribution in [-0.2, 0) is 13.0 Å². The second kappa shape index (κ2) is 7.04. The summed E-state index contributed by atoms with van der Waals surface area (Å²) in [7, 11) is 0. The number of aromatic nitrogens is 1. The van der Waals surface area contributed by atoms with E-state index in [1.807, 2.05) is 36.5 Å². The lowest BCUT2D eigenvalue weighted by molar-refractivity contribution is 0.540. The Labute approximate surface area is 127 Å². The summed E-state index contributed by atoms with van der Waals surface area (Å²) in [5.74, 6) is 0. The van der Waals surface area contributed by atoms with Gasteiger partial charge in [-0.15, -0.1) is 0 Å². The van der Waals surface area contributed by atoms with Crippen LogP contribution in [0.4, 0.5) is 0 Å². The van der Waals surface area contributed by atoms with E-state index in [1.54, 1.807) is 0 Å². The lowest BCUT2D eigenvalue weighted by Gasteiger charge is -2.14. The fraction of sp³-hybridized carbons (Fsp3) is 0.267. The summed E-state index contributed by atoms with van der Waals surface area (Å²) in [4.78, 5) is 4.34. The summed E-state index contributed by atoms with van der Waals surface area (Å²) in [6, 6.07) is 12.3. The van der Waals surface area contributed by atoms with Gasteiger partial charge in [-0.25, -0.2) is 0 Å². The minimum Gasteiger partial charge on any atom is -0.308 e. The quantitative estimate of drug-likeness (QED) is 0.882. The highest BCUT2D eigenvalue weighted by molar-refractivity contribution is 9.10. The van der Waals surface area contributed by atoms with E-state index in [2.05, 4.69) is 39.2 Å². The Balaban J connectivity index is 1.86. The third-order valence-electron chi connectivity index (χ3n) is 2.90. The largest absolute Gasteiger partial charge is 0.308 e. The van der Waals surface area contributed by atoms with E-state index >= 15 is 0 Å². The van der Waals surface area contributed by atoms with Gasteiger partial charge in [0, 0.05) is 28.3 Å². The summed E-state index contributed by atoms with van der Waals surface area (Å²) in [5, 5.41) is 4.29. The molecular weight excluding hydrogens is 324 g/mol. The Bertz CT molecular complexity index is 528. The van der Waals surface area contributed by atoms with Crippen LogP contribution in [0.1, 0.15) is 18.2 Å². The first-order valence-electron chi connectivity index (χ1n) is 6.22. The second-order valence-corrected chi connectivity index (χ2v) is 5.87. The predicted octanol–water partition coefficient (Wildman–Crippen LogP) is 4.22. The number of hydrogen-bond acceptors (Lipinski definition) is 2. The molecule has 1 aromatic carbocycles. The molecular formula is C15H16BrClN2. The van der Waals surface area contributed by atoms with Crippen molar-refractivity contribution in [2.24, 2.45) is 0 Å². The van der Waals surface area contributed by atoms with Gasteiger partial charge in [0.2, 0.25) is 0 Å². The van der Waals surface area contributed by atoms with Gasteiger partial charge < -0.3 is 5.32 Å². The Hall–Kier alpha value is -0.900. The van der Waals surface area contributed by atoms with Gasteiger partial charge in [0.05, 0.1) is 5.69 Å². The van der Waals surface area contributed by atoms with E-state index in [1.165, 1.54) is 5.56 Å². The summed E-state index contributed by atoms with van der Waals surface area (Å²) in [5.41, 5.74) is 2.21. The van der Waals surface area contributed by atoms with Crippen LogP contribution < -0.4 is 5.32 Å². The number of nitrogens with one attached hydrogen (secondary N) is 1. The maximum atomic E-state index is 6.16. The fourth-order valence-corrected chi connectivity index (χ4v) is 2.30. The van der Waals surface area contributed by atoms with Crippen LogP contribution in [0.3, 0.4) is 0 Å². The summed E-state index contributed by atoms with van der Waals surface area (Å²) in [6.45, 7) is 2.92. The van der Waals surface area contributed by atoms with Crippen molar-refractivity contribution in [2.75, 3.05) is 0 Å². The van der Waals surface area contributed by atoms with Crippen LogP contribution in [0.15, 0.2) is 47.1 Å². The summed E-state index contributed by atoms with van der Waals surface area (Å²) in [6.07, 6.45) is 2.73. The van der Waals surface area contributed by atoms with Gasteiger partial charge in [0.15, 0.2) is 0 Å². The Morgan fingerprint density at radius 2 is 2.05 bits per heavy atom.